The van der Waals surface area contributed by atoms with E-state index in [0.29, 0.717) is 19.6 Å². The summed E-state index contributed by atoms with van der Waals surface area (Å²) in [7, 11) is -1.46. The molecule has 1 unspecified atom stereocenters. The number of hydrogen-bond donors (Lipinski definition) is 1. The van der Waals surface area contributed by atoms with Crippen LogP contribution in [0.4, 0.5) is 0 Å². The first-order chi connectivity index (χ1) is 9.48. The summed E-state index contributed by atoms with van der Waals surface area (Å²) >= 11 is 0. The number of aliphatic hydroxyl groups excluding tert-OH is 1. The van der Waals surface area contributed by atoms with Crippen LogP contribution in [0, 0.1) is 0 Å². The number of aromatic nitrogens is 2. The molecule has 1 aliphatic rings. The lowest BCUT2D eigenvalue weighted by molar-refractivity contribution is 0.144. The van der Waals surface area contributed by atoms with E-state index in [4.69, 9.17) is 5.11 Å². The van der Waals surface area contributed by atoms with E-state index < -0.39 is 10.0 Å². The molecule has 0 amide bonds. The summed E-state index contributed by atoms with van der Waals surface area (Å²) in [6.07, 6.45) is 3.75. The Bertz CT molecular complexity index is 543. The fraction of sp³-hybridized carbons (Fsp3) is 0.750. The van der Waals surface area contributed by atoms with Crippen LogP contribution in [-0.2, 0) is 16.6 Å². The van der Waals surface area contributed by atoms with Gasteiger partial charge in [-0.25, -0.2) is 8.42 Å². The lowest BCUT2D eigenvalue weighted by atomic mass is 10.1. The molecule has 0 saturated carbocycles. The van der Waals surface area contributed by atoms with Gasteiger partial charge in [0.2, 0.25) is 10.0 Å². The average Bonchev–Trinajstić information content (AvgIpc) is 2.89. The molecule has 8 heteroatoms. The van der Waals surface area contributed by atoms with Crippen molar-refractivity contribution in [3.8, 4) is 0 Å². The van der Waals surface area contributed by atoms with Gasteiger partial charge in [-0.05, 0) is 13.5 Å². The fourth-order valence-electron chi connectivity index (χ4n) is 2.43. The minimum absolute atomic E-state index is 0.0619. The van der Waals surface area contributed by atoms with Gasteiger partial charge in [0, 0.05) is 31.9 Å². The number of likely N-dealkylation sites (N-methyl/N-ethyl adjacent to an activating group) is 1. The molecule has 20 heavy (non-hydrogen) atoms. The summed E-state index contributed by atoms with van der Waals surface area (Å²) < 4.78 is 28.1. The smallest absolute Gasteiger partial charge is 0.246 e. The Balaban J connectivity index is 2.17. The van der Waals surface area contributed by atoms with Crippen LogP contribution < -0.4 is 0 Å². The van der Waals surface area contributed by atoms with Crippen LogP contribution in [0.3, 0.4) is 0 Å². The van der Waals surface area contributed by atoms with E-state index in [1.54, 1.807) is 0 Å². The van der Waals surface area contributed by atoms with Crippen molar-refractivity contribution in [3.05, 3.63) is 12.4 Å². The average molecular weight is 302 g/mol. The topological polar surface area (TPSA) is 78.7 Å². The van der Waals surface area contributed by atoms with Gasteiger partial charge in [0.1, 0.15) is 4.90 Å². The molecular formula is C12H22N4O3S. The first kappa shape index (κ1) is 15.4. The van der Waals surface area contributed by atoms with Crippen LogP contribution in [0.2, 0.25) is 0 Å². The third kappa shape index (κ3) is 3.03. The zero-order valence-electron chi connectivity index (χ0n) is 11.9. The summed E-state index contributed by atoms with van der Waals surface area (Å²) in [4.78, 5) is 2.40. The van der Waals surface area contributed by atoms with Crippen LogP contribution >= 0.6 is 0 Å². The molecule has 1 fully saturated rings. The second kappa shape index (κ2) is 6.21. The van der Waals surface area contributed by atoms with E-state index in [-0.39, 0.29) is 17.5 Å². The number of sulfonamides is 1. The van der Waals surface area contributed by atoms with Gasteiger partial charge in [0.15, 0.2) is 0 Å². The number of piperazine rings is 1. The summed E-state index contributed by atoms with van der Waals surface area (Å²) in [5, 5.41) is 12.8. The highest BCUT2D eigenvalue weighted by molar-refractivity contribution is 7.89. The molecule has 2 heterocycles. The summed E-state index contributed by atoms with van der Waals surface area (Å²) in [6, 6.07) is 0.256. The van der Waals surface area contributed by atoms with Crippen molar-refractivity contribution >= 4 is 10.0 Å². The first-order valence-electron chi connectivity index (χ1n) is 6.82. The van der Waals surface area contributed by atoms with Crippen molar-refractivity contribution in [2.75, 3.05) is 33.3 Å². The second-order valence-corrected chi connectivity index (χ2v) is 7.01. The highest BCUT2D eigenvalue weighted by Gasteiger charge is 2.32. The van der Waals surface area contributed by atoms with Gasteiger partial charge in [-0.1, -0.05) is 6.92 Å². The number of aliphatic hydroxyl groups is 1. The zero-order chi connectivity index (χ0) is 14.8. The largest absolute Gasteiger partial charge is 0.394 e. The summed E-state index contributed by atoms with van der Waals surface area (Å²) in [5.74, 6) is 0. The maximum absolute atomic E-state index is 12.6. The Morgan fingerprint density at radius 1 is 1.45 bits per heavy atom. The van der Waals surface area contributed by atoms with Gasteiger partial charge in [-0.15, -0.1) is 0 Å². The lowest BCUT2D eigenvalue weighted by Gasteiger charge is -2.38. The fourth-order valence-corrected chi connectivity index (χ4v) is 3.85. The third-order valence-electron chi connectivity index (χ3n) is 3.79. The first-order valence-corrected chi connectivity index (χ1v) is 8.26. The van der Waals surface area contributed by atoms with E-state index in [1.807, 2.05) is 7.05 Å². The van der Waals surface area contributed by atoms with E-state index in [1.165, 1.54) is 21.4 Å². The Morgan fingerprint density at radius 2 is 2.20 bits per heavy atom. The van der Waals surface area contributed by atoms with Crippen LogP contribution in [0.25, 0.3) is 0 Å². The molecule has 1 aromatic rings. The molecule has 1 aromatic heterocycles. The number of nitrogens with zero attached hydrogens (tertiary/aromatic N) is 4. The van der Waals surface area contributed by atoms with Gasteiger partial charge in [-0.3, -0.25) is 4.68 Å². The standard InChI is InChI=1S/C12H22N4O3S/c1-3-11-9-16(5-4-14(11)2)20(18,19)12-8-13-15(10-12)6-7-17/h8,10-11,17H,3-7,9H2,1-2H3. The van der Waals surface area contributed by atoms with E-state index in [9.17, 15) is 8.42 Å². The van der Waals surface area contributed by atoms with Crippen LogP contribution in [0.1, 0.15) is 13.3 Å². The number of hydrogen-bond acceptors (Lipinski definition) is 5. The second-order valence-electron chi connectivity index (χ2n) is 5.07. The molecule has 1 saturated heterocycles. The van der Waals surface area contributed by atoms with Gasteiger partial charge >= 0.3 is 0 Å². The molecule has 7 nitrogen and oxygen atoms in total. The normalized spacial score (nSPS) is 22.2. The highest BCUT2D eigenvalue weighted by Crippen LogP contribution is 2.20. The predicted octanol–water partition coefficient (Wildman–Crippen LogP) is -0.410. The van der Waals surface area contributed by atoms with Crippen LogP contribution in [0.15, 0.2) is 17.3 Å². The minimum Gasteiger partial charge on any atom is -0.394 e. The maximum Gasteiger partial charge on any atom is 0.246 e. The zero-order valence-corrected chi connectivity index (χ0v) is 12.8. The number of rotatable bonds is 5. The molecule has 2 rings (SSSR count). The molecule has 1 N–H and O–H groups in total. The van der Waals surface area contributed by atoms with Crippen molar-refractivity contribution in [1.82, 2.24) is 19.0 Å². The summed E-state index contributed by atoms with van der Waals surface area (Å²) in [6.45, 7) is 4.06. The Morgan fingerprint density at radius 3 is 2.85 bits per heavy atom. The Hall–Kier alpha value is -0.960. The van der Waals surface area contributed by atoms with Crippen LogP contribution in [-0.4, -0.2) is 71.8 Å². The maximum atomic E-state index is 12.6. The SMILES string of the molecule is CCC1CN(S(=O)(=O)c2cnn(CCO)c2)CCN1C. The molecule has 0 bridgehead atoms. The minimum atomic E-state index is -3.48. The summed E-state index contributed by atoms with van der Waals surface area (Å²) in [5.41, 5.74) is 0. The molecule has 0 radical (unpaired) electrons. The Kier molecular flexibility index (Phi) is 4.79. The van der Waals surface area contributed by atoms with Gasteiger partial charge in [-0.2, -0.15) is 9.40 Å². The Labute approximate surface area is 119 Å². The molecule has 0 aliphatic carbocycles. The van der Waals surface area contributed by atoms with Crippen molar-refractivity contribution < 1.29 is 13.5 Å². The van der Waals surface area contributed by atoms with E-state index in [0.717, 1.165) is 13.0 Å². The van der Waals surface area contributed by atoms with Crippen molar-refractivity contribution in [2.45, 2.75) is 30.8 Å². The van der Waals surface area contributed by atoms with Gasteiger partial charge in [0.05, 0.1) is 19.3 Å². The predicted molar refractivity (Wildman–Crippen MR) is 74.8 cm³/mol. The van der Waals surface area contributed by atoms with E-state index >= 15 is 0 Å². The molecule has 0 aromatic carbocycles. The van der Waals surface area contributed by atoms with Crippen molar-refractivity contribution in [1.29, 1.82) is 0 Å². The van der Waals surface area contributed by atoms with Crippen molar-refractivity contribution in [3.63, 3.8) is 0 Å². The lowest BCUT2D eigenvalue weighted by Crippen LogP contribution is -2.52. The molecule has 114 valence electrons. The van der Waals surface area contributed by atoms with Gasteiger partial charge < -0.3 is 10.0 Å². The third-order valence-corrected chi connectivity index (χ3v) is 5.61. The molecule has 0 spiro atoms. The monoisotopic (exact) mass is 302 g/mol. The molecular weight excluding hydrogens is 280 g/mol. The highest BCUT2D eigenvalue weighted by atomic mass is 32.2. The molecule has 1 aliphatic heterocycles. The van der Waals surface area contributed by atoms with E-state index in [2.05, 4.69) is 16.9 Å². The van der Waals surface area contributed by atoms with Gasteiger partial charge in [0.25, 0.3) is 0 Å². The van der Waals surface area contributed by atoms with Crippen molar-refractivity contribution in [2.24, 2.45) is 0 Å². The quantitative estimate of drug-likeness (QED) is 0.800. The van der Waals surface area contributed by atoms with Crippen LogP contribution in [0.5, 0.6) is 0 Å². The molecule has 1 atom stereocenters.